The highest BCUT2D eigenvalue weighted by Crippen LogP contribution is 2.54. The van der Waals surface area contributed by atoms with E-state index in [1.54, 1.807) is 0 Å². The van der Waals surface area contributed by atoms with E-state index in [4.69, 9.17) is 9.84 Å². The van der Waals surface area contributed by atoms with Crippen LogP contribution in [0.25, 0.3) is 22.1 Å². The van der Waals surface area contributed by atoms with Crippen LogP contribution < -0.4 is 0 Å². The van der Waals surface area contributed by atoms with Gasteiger partial charge in [-0.15, -0.1) is 0 Å². The van der Waals surface area contributed by atoms with Crippen molar-refractivity contribution in [1.82, 2.24) is 29.3 Å². The van der Waals surface area contributed by atoms with Gasteiger partial charge >= 0.3 is 11.9 Å². The smallest absolute Gasteiger partial charge is 0.307 e. The second kappa shape index (κ2) is 14.2. The number of nitrogens with one attached hydrogen (secondary N) is 1. The molecule has 4 aromatic rings. The summed E-state index contributed by atoms with van der Waals surface area (Å²) in [5.41, 5.74) is 5.71. The number of rotatable bonds is 8. The van der Waals surface area contributed by atoms with Crippen molar-refractivity contribution in [2.45, 2.75) is 131 Å². The lowest BCUT2D eigenvalue weighted by Gasteiger charge is -2.39. The first-order valence-electron chi connectivity index (χ1n) is 21.2. The Bertz CT molecular complexity index is 2310. The van der Waals surface area contributed by atoms with Gasteiger partial charge in [0.05, 0.1) is 41.0 Å². The molecule has 2 amide bonds. The molecule has 4 bridgehead atoms. The molecule has 2 N–H and O–H groups in total. The minimum atomic E-state index is -0.766. The van der Waals surface area contributed by atoms with Gasteiger partial charge in [0.15, 0.2) is 0 Å². The van der Waals surface area contributed by atoms with Gasteiger partial charge in [-0.05, 0) is 117 Å². The molecule has 58 heavy (non-hydrogen) atoms. The third-order valence-corrected chi connectivity index (χ3v) is 13.6. The van der Waals surface area contributed by atoms with E-state index in [9.17, 15) is 19.2 Å². The zero-order chi connectivity index (χ0) is 41.5. The number of amides is 2. The monoisotopic (exact) mass is 792 g/mol. The van der Waals surface area contributed by atoms with Crippen LogP contribution in [0.1, 0.15) is 138 Å². The number of fused-ring (bicyclic) bond motifs is 6. The quantitative estimate of drug-likeness (QED) is 0.170. The molecule has 12 nitrogen and oxygen atoms in total. The highest BCUT2D eigenvalue weighted by Gasteiger charge is 2.52. The third kappa shape index (κ3) is 7.75. The molecule has 0 spiro atoms. The van der Waals surface area contributed by atoms with Crippen molar-refractivity contribution < 1.29 is 29.0 Å². The Hall–Kier alpha value is -4.74. The number of hydrogen-bond acceptors (Lipinski definition) is 7. The van der Waals surface area contributed by atoms with E-state index in [2.05, 4.69) is 66.3 Å². The molecule has 12 heteroatoms. The number of esters is 1. The van der Waals surface area contributed by atoms with Crippen LogP contribution in [0.15, 0.2) is 36.4 Å². The van der Waals surface area contributed by atoms with Crippen LogP contribution in [0.4, 0.5) is 0 Å². The first-order valence-corrected chi connectivity index (χ1v) is 21.2. The molecule has 2 aromatic carbocycles. The SMILES string of the molecule is CC1(C)CC2CC(C)(CN2C(=O)c2ccc3[nH]c(C4CC4C(=O)O)nc3c2)C1.CCOC(=O)CCn1c(C)nc2cc(C(=O)N3CC4(C)CC3CC(C)(C)C4)ccc21. The van der Waals surface area contributed by atoms with Crippen LogP contribution in [0.3, 0.4) is 0 Å². The van der Waals surface area contributed by atoms with Crippen LogP contribution in [0.2, 0.25) is 0 Å². The van der Waals surface area contributed by atoms with E-state index in [1.165, 1.54) is 6.42 Å². The van der Waals surface area contributed by atoms with Gasteiger partial charge < -0.3 is 29.2 Å². The Morgan fingerprint density at radius 3 is 1.93 bits per heavy atom. The average molecular weight is 793 g/mol. The molecule has 3 saturated carbocycles. The molecular formula is C46H60N6O6. The fourth-order valence-corrected chi connectivity index (χ4v) is 11.9. The molecular weight excluding hydrogens is 733 g/mol. The normalized spacial score (nSPS) is 29.0. The lowest BCUT2D eigenvalue weighted by atomic mass is 9.65. The summed E-state index contributed by atoms with van der Waals surface area (Å²) in [7, 11) is 0. The summed E-state index contributed by atoms with van der Waals surface area (Å²) in [5, 5.41) is 9.14. The van der Waals surface area contributed by atoms with Crippen molar-refractivity contribution in [3.63, 3.8) is 0 Å². The minimum absolute atomic E-state index is 0.0379. The molecule has 5 aliphatic rings. The molecule has 3 aliphatic carbocycles. The zero-order valence-corrected chi connectivity index (χ0v) is 35.5. The molecule has 2 aliphatic heterocycles. The van der Waals surface area contributed by atoms with Crippen molar-refractivity contribution in [3.05, 3.63) is 59.2 Å². The lowest BCUT2D eigenvalue weighted by molar-refractivity contribution is -0.143. The van der Waals surface area contributed by atoms with Gasteiger partial charge in [-0.3, -0.25) is 19.2 Å². The van der Waals surface area contributed by atoms with E-state index < -0.39 is 5.97 Å². The van der Waals surface area contributed by atoms with Crippen LogP contribution in [0, 0.1) is 34.5 Å². The van der Waals surface area contributed by atoms with E-state index in [0.717, 1.165) is 78.9 Å². The lowest BCUT2D eigenvalue weighted by Crippen LogP contribution is -2.37. The van der Waals surface area contributed by atoms with Crippen molar-refractivity contribution in [3.8, 4) is 0 Å². The summed E-state index contributed by atoms with van der Waals surface area (Å²) >= 11 is 0. The maximum atomic E-state index is 13.4. The summed E-state index contributed by atoms with van der Waals surface area (Å²) in [6, 6.07) is 12.0. The van der Waals surface area contributed by atoms with Gasteiger partial charge in [0.2, 0.25) is 0 Å². The van der Waals surface area contributed by atoms with Gasteiger partial charge in [-0.25, -0.2) is 9.97 Å². The number of aryl methyl sites for hydroxylation is 2. The predicted octanol–water partition coefficient (Wildman–Crippen LogP) is 8.13. The Labute approximate surface area is 341 Å². The number of H-pyrrole nitrogens is 1. The number of ether oxygens (including phenoxy) is 1. The Morgan fingerprint density at radius 2 is 1.38 bits per heavy atom. The van der Waals surface area contributed by atoms with Gasteiger partial charge in [-0.1, -0.05) is 41.5 Å². The molecule has 0 radical (unpaired) electrons. The summed E-state index contributed by atoms with van der Waals surface area (Å²) in [5.74, 6) is 0.414. The molecule has 310 valence electrons. The van der Waals surface area contributed by atoms with E-state index >= 15 is 0 Å². The average Bonchev–Trinajstić information content (AvgIpc) is 3.49. The predicted molar refractivity (Wildman–Crippen MR) is 221 cm³/mol. The van der Waals surface area contributed by atoms with Crippen molar-refractivity contribution in [1.29, 1.82) is 0 Å². The number of hydrogen-bond donors (Lipinski definition) is 2. The largest absolute Gasteiger partial charge is 0.481 e. The number of carbonyl (C=O) groups excluding carboxylic acids is 3. The third-order valence-electron chi connectivity index (χ3n) is 13.6. The Kier molecular flexibility index (Phi) is 9.82. The molecule has 9 rings (SSSR count). The summed E-state index contributed by atoms with van der Waals surface area (Å²) in [6.45, 7) is 20.2. The molecule has 4 heterocycles. The molecule has 2 saturated heterocycles. The molecule has 5 fully saturated rings. The fraction of sp³-hybridized carbons (Fsp3) is 0.609. The number of imidazole rings is 2. The van der Waals surface area contributed by atoms with Gasteiger partial charge in [0.25, 0.3) is 11.8 Å². The number of carbonyl (C=O) groups is 4. The van der Waals surface area contributed by atoms with E-state index in [1.807, 2.05) is 54.8 Å². The van der Waals surface area contributed by atoms with Crippen LogP contribution >= 0.6 is 0 Å². The number of aliphatic carboxylic acids is 1. The van der Waals surface area contributed by atoms with Crippen LogP contribution in [-0.4, -0.2) is 90.0 Å². The Balaban J connectivity index is 0.000000162. The summed E-state index contributed by atoms with van der Waals surface area (Å²) < 4.78 is 7.05. The number of aromatic amines is 1. The highest BCUT2D eigenvalue weighted by molar-refractivity contribution is 5.99. The number of benzene rings is 2. The minimum Gasteiger partial charge on any atom is -0.481 e. The second-order valence-electron chi connectivity index (χ2n) is 20.5. The Morgan fingerprint density at radius 1 is 0.810 bits per heavy atom. The van der Waals surface area contributed by atoms with E-state index in [0.29, 0.717) is 49.2 Å². The van der Waals surface area contributed by atoms with E-state index in [-0.39, 0.29) is 51.3 Å². The first kappa shape index (κ1) is 40.1. The topological polar surface area (TPSA) is 151 Å². The summed E-state index contributed by atoms with van der Waals surface area (Å²) in [4.78, 5) is 66.2. The zero-order valence-electron chi connectivity index (χ0n) is 35.5. The molecule has 6 unspecified atom stereocenters. The van der Waals surface area contributed by atoms with Gasteiger partial charge in [0.1, 0.15) is 11.6 Å². The second-order valence-corrected chi connectivity index (χ2v) is 20.5. The number of carboxylic acids is 1. The number of nitrogens with zero attached hydrogens (tertiary/aromatic N) is 5. The van der Waals surface area contributed by atoms with Crippen molar-refractivity contribution in [2.24, 2.45) is 27.6 Å². The number of carboxylic acid groups (broad SMARTS) is 1. The number of likely N-dealkylation sites (tertiary alicyclic amines) is 2. The first-order chi connectivity index (χ1) is 27.2. The molecule has 2 aromatic heterocycles. The highest BCUT2D eigenvalue weighted by atomic mass is 16.5. The van der Waals surface area contributed by atoms with Crippen molar-refractivity contribution in [2.75, 3.05) is 19.7 Å². The van der Waals surface area contributed by atoms with Crippen molar-refractivity contribution >= 4 is 45.8 Å². The van der Waals surface area contributed by atoms with Gasteiger partial charge in [-0.2, -0.15) is 0 Å². The van der Waals surface area contributed by atoms with Gasteiger partial charge in [0, 0.05) is 48.8 Å². The summed E-state index contributed by atoms with van der Waals surface area (Å²) in [6.07, 6.45) is 7.59. The number of aromatic nitrogens is 4. The van der Waals surface area contributed by atoms with Crippen LogP contribution in [0.5, 0.6) is 0 Å². The standard InChI is InChI=1S/C24H33N3O3.C22H27N3O3/c1-6-30-21(28)9-10-26-16(2)25-19-11-17(7-8-20(19)26)22(29)27-15-24(5)13-18(27)12-23(3,4)14-24;1-21(2)8-13-9-22(3,10-21)11-25(13)19(26)12-4-5-16-17(6-12)24-18(23-16)14-7-15(14)20(27)28/h7-8,11,18H,6,9-10,12-15H2,1-5H3;4-6,13-15H,7-11H2,1-3H3,(H,23,24)(H,27,28). The maximum absolute atomic E-state index is 13.4. The fourth-order valence-electron chi connectivity index (χ4n) is 11.9. The maximum Gasteiger partial charge on any atom is 0.307 e. The molecule has 6 atom stereocenters. The van der Waals surface area contributed by atoms with Crippen LogP contribution in [-0.2, 0) is 20.9 Å².